The van der Waals surface area contributed by atoms with Crippen LogP contribution in [-0.2, 0) is 13.1 Å². The Morgan fingerprint density at radius 1 is 0.818 bits per heavy atom. The van der Waals surface area contributed by atoms with Gasteiger partial charge in [-0.2, -0.15) is 0 Å². The van der Waals surface area contributed by atoms with Gasteiger partial charge in [0.15, 0.2) is 11.5 Å². The fourth-order valence-corrected chi connectivity index (χ4v) is 2.28. The van der Waals surface area contributed by atoms with E-state index in [2.05, 4.69) is 23.5 Å². The maximum atomic E-state index is 5.61. The first-order valence-electron chi connectivity index (χ1n) is 7.51. The summed E-state index contributed by atoms with van der Waals surface area (Å²) in [5.74, 6) is 2.47. The zero-order chi connectivity index (χ0) is 15.8. The predicted molar refractivity (Wildman–Crippen MR) is 86.5 cm³/mol. The van der Waals surface area contributed by atoms with E-state index in [4.69, 9.17) is 14.2 Å². The number of nitrogens with two attached hydrogens (primary N) is 1. The van der Waals surface area contributed by atoms with Crippen LogP contribution in [0.1, 0.15) is 18.1 Å². The van der Waals surface area contributed by atoms with Crippen LogP contribution in [0.5, 0.6) is 17.2 Å². The van der Waals surface area contributed by atoms with Gasteiger partial charge in [0.1, 0.15) is 18.8 Å². The first kappa shape index (κ1) is 16.2. The third kappa shape index (κ3) is 4.40. The number of benzene rings is 2. The summed E-state index contributed by atoms with van der Waals surface area (Å²) in [6.45, 7) is 4.44. The van der Waals surface area contributed by atoms with Crippen molar-refractivity contribution in [2.75, 3.05) is 20.8 Å². The van der Waals surface area contributed by atoms with Crippen molar-refractivity contribution >= 4 is 0 Å². The Balaban J connectivity index is 1.91. The predicted octanol–water partition coefficient (Wildman–Crippen LogP) is 2.37. The molecule has 22 heavy (non-hydrogen) atoms. The molecule has 0 fully saturated rings. The summed E-state index contributed by atoms with van der Waals surface area (Å²) >= 11 is 0. The second kappa shape index (κ2) is 8.29. The van der Waals surface area contributed by atoms with Gasteiger partial charge in [-0.05, 0) is 49.4 Å². The number of ether oxygens (including phenoxy) is 3. The smallest absolute Gasteiger partial charge is 0.161 e. The highest BCUT2D eigenvalue weighted by Crippen LogP contribution is 2.27. The molecule has 0 bridgehead atoms. The third-order valence-electron chi connectivity index (χ3n) is 3.45. The average molecular weight is 302 g/mol. The number of quaternary nitrogens is 1. The van der Waals surface area contributed by atoms with Gasteiger partial charge in [-0.1, -0.05) is 0 Å². The van der Waals surface area contributed by atoms with Crippen LogP contribution in [0.3, 0.4) is 0 Å². The van der Waals surface area contributed by atoms with E-state index in [9.17, 15) is 0 Å². The standard InChI is InChI=1S/C18H23NO3/c1-4-22-18-11-15(7-10-17(18)21-3)13-19-12-14-5-8-16(20-2)9-6-14/h5-11,19H,4,12-13H2,1-3H3/p+1. The topological polar surface area (TPSA) is 44.3 Å². The Kier molecular flexibility index (Phi) is 6.10. The number of rotatable bonds is 8. The molecule has 2 rings (SSSR count). The normalized spacial score (nSPS) is 10.3. The SMILES string of the molecule is CCOc1cc(C[NH2+]Cc2ccc(OC)cc2)ccc1OC. The molecule has 0 amide bonds. The fourth-order valence-electron chi connectivity index (χ4n) is 2.28. The van der Waals surface area contributed by atoms with Gasteiger partial charge >= 0.3 is 0 Å². The van der Waals surface area contributed by atoms with E-state index in [0.29, 0.717) is 6.61 Å². The van der Waals surface area contributed by atoms with Gasteiger partial charge in [-0.25, -0.2) is 0 Å². The Bertz CT molecular complexity index is 581. The second-order valence-corrected chi connectivity index (χ2v) is 4.96. The molecule has 0 atom stereocenters. The van der Waals surface area contributed by atoms with Crippen molar-refractivity contribution in [3.05, 3.63) is 53.6 Å². The zero-order valence-electron chi connectivity index (χ0n) is 13.5. The lowest BCUT2D eigenvalue weighted by atomic mass is 10.2. The van der Waals surface area contributed by atoms with Crippen molar-refractivity contribution in [2.45, 2.75) is 20.0 Å². The van der Waals surface area contributed by atoms with Crippen LogP contribution in [0.4, 0.5) is 0 Å². The van der Waals surface area contributed by atoms with E-state index in [0.717, 1.165) is 30.3 Å². The molecule has 0 radical (unpaired) electrons. The van der Waals surface area contributed by atoms with Gasteiger partial charge in [0.25, 0.3) is 0 Å². The molecule has 4 heteroatoms. The monoisotopic (exact) mass is 302 g/mol. The molecule has 0 spiro atoms. The molecule has 4 nitrogen and oxygen atoms in total. The Morgan fingerprint density at radius 2 is 1.50 bits per heavy atom. The van der Waals surface area contributed by atoms with E-state index in [1.165, 1.54) is 11.1 Å². The van der Waals surface area contributed by atoms with E-state index >= 15 is 0 Å². The molecule has 0 aliphatic rings. The fraction of sp³-hybridized carbons (Fsp3) is 0.333. The van der Waals surface area contributed by atoms with E-state index in [1.807, 2.05) is 31.2 Å². The number of hydrogen-bond donors (Lipinski definition) is 1. The molecule has 118 valence electrons. The van der Waals surface area contributed by atoms with Crippen LogP contribution in [-0.4, -0.2) is 20.8 Å². The van der Waals surface area contributed by atoms with Gasteiger partial charge in [0.2, 0.25) is 0 Å². The van der Waals surface area contributed by atoms with Gasteiger partial charge in [0.05, 0.1) is 20.8 Å². The number of hydrogen-bond acceptors (Lipinski definition) is 3. The molecule has 0 saturated carbocycles. The van der Waals surface area contributed by atoms with Crippen molar-refractivity contribution in [1.29, 1.82) is 0 Å². The highest BCUT2D eigenvalue weighted by Gasteiger charge is 2.06. The highest BCUT2D eigenvalue weighted by molar-refractivity contribution is 5.42. The van der Waals surface area contributed by atoms with Crippen LogP contribution in [0, 0.1) is 0 Å². The minimum Gasteiger partial charge on any atom is -0.497 e. The molecular weight excluding hydrogens is 278 g/mol. The van der Waals surface area contributed by atoms with Crippen LogP contribution < -0.4 is 19.5 Å². The first-order chi connectivity index (χ1) is 10.8. The summed E-state index contributed by atoms with van der Waals surface area (Å²) in [4.78, 5) is 0. The first-order valence-corrected chi connectivity index (χ1v) is 7.51. The lowest BCUT2D eigenvalue weighted by Crippen LogP contribution is -2.80. The van der Waals surface area contributed by atoms with E-state index in [1.54, 1.807) is 14.2 Å². The lowest BCUT2D eigenvalue weighted by molar-refractivity contribution is -0.686. The second-order valence-electron chi connectivity index (χ2n) is 4.96. The lowest BCUT2D eigenvalue weighted by Gasteiger charge is -2.10. The van der Waals surface area contributed by atoms with Crippen molar-refractivity contribution in [1.82, 2.24) is 0 Å². The summed E-state index contributed by atoms with van der Waals surface area (Å²) in [6, 6.07) is 14.2. The third-order valence-corrected chi connectivity index (χ3v) is 3.45. The number of methoxy groups -OCH3 is 2. The molecule has 2 aromatic carbocycles. The van der Waals surface area contributed by atoms with Gasteiger partial charge in [-0.3, -0.25) is 0 Å². The van der Waals surface area contributed by atoms with Crippen molar-refractivity contribution in [3.63, 3.8) is 0 Å². The zero-order valence-corrected chi connectivity index (χ0v) is 13.5. The van der Waals surface area contributed by atoms with Crippen molar-refractivity contribution < 1.29 is 19.5 Å². The summed E-state index contributed by atoms with van der Waals surface area (Å²) in [5, 5.41) is 2.26. The molecule has 2 N–H and O–H groups in total. The molecule has 0 aromatic heterocycles. The van der Waals surface area contributed by atoms with Gasteiger partial charge < -0.3 is 19.5 Å². The molecule has 2 aromatic rings. The molecular formula is C18H24NO3+. The van der Waals surface area contributed by atoms with E-state index in [-0.39, 0.29) is 0 Å². The molecule has 0 heterocycles. The van der Waals surface area contributed by atoms with Gasteiger partial charge in [0, 0.05) is 11.1 Å². The molecule has 0 aliphatic heterocycles. The van der Waals surface area contributed by atoms with Crippen LogP contribution in [0.2, 0.25) is 0 Å². The Morgan fingerprint density at radius 3 is 2.14 bits per heavy atom. The molecule has 0 aliphatic carbocycles. The maximum absolute atomic E-state index is 5.61. The largest absolute Gasteiger partial charge is 0.497 e. The minimum atomic E-state index is 0.634. The van der Waals surface area contributed by atoms with Gasteiger partial charge in [-0.15, -0.1) is 0 Å². The Hall–Kier alpha value is -2.20. The summed E-state index contributed by atoms with van der Waals surface area (Å²) in [7, 11) is 3.34. The highest BCUT2D eigenvalue weighted by atomic mass is 16.5. The van der Waals surface area contributed by atoms with Crippen molar-refractivity contribution in [3.8, 4) is 17.2 Å². The van der Waals surface area contributed by atoms with Crippen LogP contribution >= 0.6 is 0 Å². The van der Waals surface area contributed by atoms with E-state index < -0.39 is 0 Å². The maximum Gasteiger partial charge on any atom is 0.161 e. The summed E-state index contributed by atoms with van der Waals surface area (Å²) in [6.07, 6.45) is 0. The quantitative estimate of drug-likeness (QED) is 0.814. The summed E-state index contributed by atoms with van der Waals surface area (Å²) in [5.41, 5.74) is 2.50. The average Bonchev–Trinajstić information content (AvgIpc) is 2.56. The van der Waals surface area contributed by atoms with Crippen LogP contribution in [0.15, 0.2) is 42.5 Å². The molecule has 0 unspecified atom stereocenters. The Labute approximate surface area is 132 Å². The summed E-state index contributed by atoms with van der Waals surface area (Å²) < 4.78 is 16.1. The minimum absolute atomic E-state index is 0.634. The van der Waals surface area contributed by atoms with Crippen molar-refractivity contribution in [2.24, 2.45) is 0 Å². The van der Waals surface area contributed by atoms with Crippen LogP contribution in [0.25, 0.3) is 0 Å². The molecule has 0 saturated heterocycles.